The van der Waals surface area contributed by atoms with E-state index in [4.69, 9.17) is 24.6 Å². The van der Waals surface area contributed by atoms with Crippen LogP contribution in [0.3, 0.4) is 0 Å². The molecule has 2 rings (SSSR count). The summed E-state index contributed by atoms with van der Waals surface area (Å²) in [4.78, 5) is 0. The minimum atomic E-state index is 0.0880. The first-order valence-corrected chi connectivity index (χ1v) is 5.04. The van der Waals surface area contributed by atoms with Crippen molar-refractivity contribution in [2.24, 2.45) is 0 Å². The lowest BCUT2D eigenvalue weighted by molar-refractivity contribution is 0.449. The van der Waals surface area contributed by atoms with E-state index in [-0.39, 0.29) is 23.0 Å². The molecule has 0 amide bonds. The zero-order valence-electron chi connectivity index (χ0n) is 9.22. The van der Waals surface area contributed by atoms with Gasteiger partial charge in [0.15, 0.2) is 12.5 Å². The lowest BCUT2D eigenvalue weighted by Crippen LogP contribution is -1.61. The third-order valence-corrected chi connectivity index (χ3v) is 1.66. The first kappa shape index (κ1) is 15.7. The van der Waals surface area contributed by atoms with E-state index in [1.165, 1.54) is 36.4 Å². The molecule has 5 nitrogen and oxygen atoms in total. The Hall–Kier alpha value is -2.34. The van der Waals surface area contributed by atoms with Crippen LogP contribution >= 0.6 is 0 Å². The Kier molecular flexibility index (Phi) is 7.63. The Bertz CT molecular complexity index is 398. The van der Waals surface area contributed by atoms with Crippen LogP contribution in [0.2, 0.25) is 0 Å². The first-order chi connectivity index (χ1) is 8.58. The van der Waals surface area contributed by atoms with Crippen LogP contribution in [0.5, 0.6) is 23.0 Å². The van der Waals surface area contributed by atoms with Gasteiger partial charge >= 0.3 is 0 Å². The molecule has 0 atom stereocenters. The van der Waals surface area contributed by atoms with Crippen molar-refractivity contribution in [3.8, 4) is 23.0 Å². The predicted molar refractivity (Wildman–Crippen MR) is 67.7 cm³/mol. The summed E-state index contributed by atoms with van der Waals surface area (Å²) in [6.45, 7) is 0. The normalized spacial score (nSPS) is 8.22. The van der Waals surface area contributed by atoms with Crippen LogP contribution in [-0.2, 0) is 12.5 Å². The van der Waals surface area contributed by atoms with Gasteiger partial charge in [0.1, 0.15) is 23.0 Å². The number of aromatic hydroxyl groups is 4. The Morgan fingerprint density at radius 2 is 0.833 bits per heavy atom. The smallest absolute Gasteiger partial charge is 0.197 e. The molecular weight excluding hydrogens is 256 g/mol. The molecular formula is C12H12O5S. The SMILES string of the molecule is O=S.Oc1cccc(O)c1.Oc1cccc(O)c1. The fourth-order valence-electron chi connectivity index (χ4n) is 0.986. The highest BCUT2D eigenvalue weighted by molar-refractivity contribution is 7.44. The summed E-state index contributed by atoms with van der Waals surface area (Å²) < 4.78 is 7.83. The molecule has 0 aliphatic carbocycles. The maximum absolute atomic E-state index is 8.65. The topological polar surface area (TPSA) is 98.0 Å². The standard InChI is InChI=1S/2C6H6O2.OS/c2*7-5-2-1-3-6(8)4-5;1-2/h2*1-4,7-8H;. The summed E-state index contributed by atoms with van der Waals surface area (Å²) in [5, 5.41) is 34.6. The van der Waals surface area contributed by atoms with Crippen molar-refractivity contribution >= 4 is 12.5 Å². The second-order valence-corrected chi connectivity index (χ2v) is 3.04. The zero-order valence-corrected chi connectivity index (χ0v) is 10.0. The molecule has 0 bridgehead atoms. The van der Waals surface area contributed by atoms with Crippen LogP contribution < -0.4 is 0 Å². The second kappa shape index (κ2) is 8.77. The molecule has 0 spiro atoms. The van der Waals surface area contributed by atoms with Gasteiger partial charge in [-0.3, -0.25) is 0 Å². The second-order valence-electron chi connectivity index (χ2n) is 3.04. The molecule has 0 aliphatic heterocycles. The molecule has 4 N–H and O–H groups in total. The average Bonchev–Trinajstić information content (AvgIpc) is 2.31. The highest BCUT2D eigenvalue weighted by atomic mass is 32.1. The average molecular weight is 268 g/mol. The molecule has 2 aromatic carbocycles. The molecule has 2 aromatic rings. The molecule has 0 saturated heterocycles. The number of hydrogen-bond acceptors (Lipinski definition) is 6. The molecule has 0 fully saturated rings. The fourth-order valence-corrected chi connectivity index (χ4v) is 0.986. The van der Waals surface area contributed by atoms with E-state index in [2.05, 4.69) is 12.5 Å². The van der Waals surface area contributed by atoms with Crippen LogP contribution in [0, 0.1) is 0 Å². The number of phenols is 4. The molecule has 6 heteroatoms. The molecule has 96 valence electrons. The largest absolute Gasteiger partial charge is 0.508 e. The quantitative estimate of drug-likeness (QED) is 0.582. The third-order valence-electron chi connectivity index (χ3n) is 1.66. The van der Waals surface area contributed by atoms with E-state index < -0.39 is 0 Å². The highest BCUT2D eigenvalue weighted by Gasteiger charge is 1.86. The third kappa shape index (κ3) is 7.02. The van der Waals surface area contributed by atoms with Crippen molar-refractivity contribution in [1.82, 2.24) is 0 Å². The molecule has 0 saturated carbocycles. The molecule has 18 heavy (non-hydrogen) atoms. The van der Waals surface area contributed by atoms with Gasteiger partial charge < -0.3 is 20.4 Å². The highest BCUT2D eigenvalue weighted by Crippen LogP contribution is 2.15. The minimum absolute atomic E-state index is 0.0880. The van der Waals surface area contributed by atoms with Gasteiger partial charge in [-0.05, 0) is 24.3 Å². The van der Waals surface area contributed by atoms with Crippen molar-refractivity contribution in [2.45, 2.75) is 0 Å². The van der Waals surface area contributed by atoms with E-state index in [0.29, 0.717) is 0 Å². The zero-order chi connectivity index (χ0) is 14.0. The van der Waals surface area contributed by atoms with E-state index >= 15 is 0 Å². The number of hydrogen-bond donors (Lipinski definition) is 4. The van der Waals surface area contributed by atoms with Crippen molar-refractivity contribution in [1.29, 1.82) is 0 Å². The Morgan fingerprint density at radius 1 is 0.611 bits per heavy atom. The summed E-state index contributed by atoms with van der Waals surface area (Å²) in [5.41, 5.74) is 0. The van der Waals surface area contributed by atoms with Crippen molar-refractivity contribution < 1.29 is 24.6 Å². The molecule has 0 aromatic heterocycles. The Balaban J connectivity index is 0.000000283. The fraction of sp³-hybridized carbons (Fsp3) is 0. The summed E-state index contributed by atoms with van der Waals surface area (Å²) in [5.74, 6) is 0.352. The van der Waals surface area contributed by atoms with Crippen molar-refractivity contribution in [2.75, 3.05) is 0 Å². The van der Waals surface area contributed by atoms with Crippen molar-refractivity contribution in [3.63, 3.8) is 0 Å². The van der Waals surface area contributed by atoms with Gasteiger partial charge in [-0.25, -0.2) is 0 Å². The van der Waals surface area contributed by atoms with Crippen molar-refractivity contribution in [3.05, 3.63) is 48.5 Å². The van der Waals surface area contributed by atoms with Crippen LogP contribution in [0.15, 0.2) is 48.5 Å². The van der Waals surface area contributed by atoms with Crippen LogP contribution in [0.4, 0.5) is 0 Å². The lowest BCUT2D eigenvalue weighted by Gasteiger charge is -1.89. The van der Waals surface area contributed by atoms with Gasteiger partial charge in [0.25, 0.3) is 0 Å². The molecule has 0 radical (unpaired) electrons. The van der Waals surface area contributed by atoms with Crippen LogP contribution in [-0.4, -0.2) is 24.6 Å². The van der Waals surface area contributed by atoms with Gasteiger partial charge in [-0.1, -0.05) is 12.1 Å². The first-order valence-electron chi connectivity index (χ1n) is 4.70. The van der Waals surface area contributed by atoms with E-state index in [0.717, 1.165) is 0 Å². The van der Waals surface area contributed by atoms with E-state index in [9.17, 15) is 0 Å². The predicted octanol–water partition coefficient (Wildman–Crippen LogP) is 1.86. The summed E-state index contributed by atoms with van der Waals surface area (Å²) >= 11 is 2.83. The van der Waals surface area contributed by atoms with Gasteiger partial charge in [0, 0.05) is 12.1 Å². The maximum Gasteiger partial charge on any atom is 0.197 e. The van der Waals surface area contributed by atoms with Crippen LogP contribution in [0.1, 0.15) is 0 Å². The van der Waals surface area contributed by atoms with Gasteiger partial charge in [-0.15, -0.1) is 0 Å². The van der Waals surface area contributed by atoms with Gasteiger partial charge in [0.05, 0.1) is 0 Å². The molecule has 0 heterocycles. The summed E-state index contributed by atoms with van der Waals surface area (Å²) in [6, 6.07) is 11.7. The van der Waals surface area contributed by atoms with Gasteiger partial charge in [0.2, 0.25) is 0 Å². The number of rotatable bonds is 0. The van der Waals surface area contributed by atoms with E-state index in [1.807, 2.05) is 0 Å². The Morgan fingerprint density at radius 3 is 0.944 bits per heavy atom. The maximum atomic E-state index is 8.65. The van der Waals surface area contributed by atoms with Gasteiger partial charge in [-0.2, -0.15) is 4.21 Å². The van der Waals surface area contributed by atoms with Crippen LogP contribution in [0.25, 0.3) is 0 Å². The minimum Gasteiger partial charge on any atom is -0.508 e. The monoisotopic (exact) mass is 268 g/mol. The number of benzene rings is 2. The molecule has 0 aliphatic rings. The Labute approximate surface area is 109 Å². The molecule has 0 unspecified atom stereocenters. The summed E-state index contributed by atoms with van der Waals surface area (Å²) in [7, 11) is 0. The lowest BCUT2D eigenvalue weighted by atomic mass is 10.3. The van der Waals surface area contributed by atoms with E-state index in [1.54, 1.807) is 12.1 Å². The number of phenolic OH excluding ortho intramolecular Hbond substituents is 4. The summed E-state index contributed by atoms with van der Waals surface area (Å²) in [6.07, 6.45) is 0.